The van der Waals surface area contributed by atoms with Crippen LogP contribution in [0.5, 0.6) is 5.75 Å². The van der Waals surface area contributed by atoms with Gasteiger partial charge in [-0.2, -0.15) is 0 Å². The number of benzene rings is 1. The molecular formula is C15H24FNO2. The molecule has 2 unspecified atom stereocenters. The van der Waals surface area contributed by atoms with Crippen molar-refractivity contribution in [2.45, 2.75) is 32.9 Å². The summed E-state index contributed by atoms with van der Waals surface area (Å²) >= 11 is 0. The van der Waals surface area contributed by atoms with Gasteiger partial charge in [0.1, 0.15) is 0 Å². The Hall–Kier alpha value is -1.13. The molecule has 0 spiro atoms. The molecule has 0 aromatic heterocycles. The maximum atomic E-state index is 13.8. The number of rotatable bonds is 7. The molecule has 0 saturated heterocycles. The van der Waals surface area contributed by atoms with E-state index in [9.17, 15) is 4.39 Å². The summed E-state index contributed by atoms with van der Waals surface area (Å²) in [6.07, 6.45) is -0.00672. The molecule has 108 valence electrons. The molecule has 1 N–H and O–H groups in total. The van der Waals surface area contributed by atoms with Gasteiger partial charge in [-0.25, -0.2) is 4.39 Å². The smallest absolute Gasteiger partial charge is 0.165 e. The van der Waals surface area contributed by atoms with E-state index < -0.39 is 0 Å². The van der Waals surface area contributed by atoms with E-state index in [0.717, 1.165) is 12.1 Å². The maximum absolute atomic E-state index is 13.8. The highest BCUT2D eigenvalue weighted by Gasteiger charge is 2.25. The molecule has 2 atom stereocenters. The summed E-state index contributed by atoms with van der Waals surface area (Å²) in [5.41, 5.74) is 0.876. The van der Waals surface area contributed by atoms with E-state index in [-0.39, 0.29) is 23.7 Å². The lowest BCUT2D eigenvalue weighted by Crippen LogP contribution is -2.36. The zero-order valence-corrected chi connectivity index (χ0v) is 12.4. The van der Waals surface area contributed by atoms with Gasteiger partial charge in [-0.15, -0.1) is 0 Å². The third-order valence-corrected chi connectivity index (χ3v) is 3.22. The van der Waals surface area contributed by atoms with Gasteiger partial charge in [0.05, 0.1) is 19.3 Å². The second-order valence-corrected chi connectivity index (χ2v) is 4.87. The number of likely N-dealkylation sites (N-methyl/N-ethyl adjacent to an activating group) is 1. The lowest BCUT2D eigenvalue weighted by Gasteiger charge is -2.30. The van der Waals surface area contributed by atoms with Crippen molar-refractivity contribution in [3.63, 3.8) is 0 Å². The minimum absolute atomic E-state index is 0.00672. The average Bonchev–Trinajstić information content (AvgIpc) is 2.38. The van der Waals surface area contributed by atoms with Gasteiger partial charge in [-0.3, -0.25) is 0 Å². The van der Waals surface area contributed by atoms with Crippen molar-refractivity contribution in [2.75, 3.05) is 20.8 Å². The second kappa shape index (κ2) is 7.46. The van der Waals surface area contributed by atoms with Gasteiger partial charge in [0.2, 0.25) is 0 Å². The van der Waals surface area contributed by atoms with Crippen molar-refractivity contribution in [3.8, 4) is 5.75 Å². The largest absolute Gasteiger partial charge is 0.494 e. The van der Waals surface area contributed by atoms with Crippen molar-refractivity contribution >= 4 is 0 Å². The molecule has 4 heteroatoms. The Kier molecular flexibility index (Phi) is 6.25. The Labute approximate surface area is 115 Å². The Morgan fingerprint density at radius 2 is 1.95 bits per heavy atom. The summed E-state index contributed by atoms with van der Waals surface area (Å²) in [6.45, 7) is 7.02. The van der Waals surface area contributed by atoms with Crippen LogP contribution < -0.4 is 10.1 Å². The van der Waals surface area contributed by atoms with Crippen molar-refractivity contribution in [3.05, 3.63) is 29.6 Å². The molecule has 0 radical (unpaired) electrons. The molecule has 0 bridgehead atoms. The summed E-state index contributed by atoms with van der Waals surface area (Å²) in [7, 11) is 3.15. The molecular weight excluding hydrogens is 245 g/mol. The molecule has 0 fully saturated rings. The fourth-order valence-electron chi connectivity index (χ4n) is 2.31. The van der Waals surface area contributed by atoms with Crippen LogP contribution in [0.1, 0.15) is 32.4 Å². The van der Waals surface area contributed by atoms with Crippen LogP contribution in [0, 0.1) is 11.7 Å². The highest BCUT2D eigenvalue weighted by molar-refractivity contribution is 5.31. The lowest BCUT2D eigenvalue weighted by atomic mass is 9.93. The molecule has 3 nitrogen and oxygen atoms in total. The van der Waals surface area contributed by atoms with Crippen LogP contribution in [0.25, 0.3) is 0 Å². The number of methoxy groups -OCH3 is 2. The van der Waals surface area contributed by atoms with Gasteiger partial charge in [-0.1, -0.05) is 26.8 Å². The standard InChI is InChI=1S/C15H24FNO2/c1-6-17-14(15(19-5)10(2)3)11-7-8-13(18-4)12(16)9-11/h7-10,14-15,17H,6H2,1-5H3. The monoisotopic (exact) mass is 269 g/mol. The van der Waals surface area contributed by atoms with E-state index in [2.05, 4.69) is 19.2 Å². The molecule has 0 heterocycles. The van der Waals surface area contributed by atoms with Gasteiger partial charge in [0, 0.05) is 7.11 Å². The predicted molar refractivity (Wildman–Crippen MR) is 75.0 cm³/mol. The van der Waals surface area contributed by atoms with E-state index in [0.29, 0.717) is 5.92 Å². The third kappa shape index (κ3) is 3.91. The summed E-state index contributed by atoms with van der Waals surface area (Å²) in [5.74, 6) is 0.248. The highest BCUT2D eigenvalue weighted by Crippen LogP contribution is 2.27. The quantitative estimate of drug-likeness (QED) is 0.825. The van der Waals surface area contributed by atoms with Crippen LogP contribution in [-0.2, 0) is 4.74 Å². The Morgan fingerprint density at radius 1 is 1.26 bits per heavy atom. The summed E-state index contributed by atoms with van der Waals surface area (Å²) in [5, 5.41) is 3.36. The van der Waals surface area contributed by atoms with Crippen LogP contribution in [-0.4, -0.2) is 26.9 Å². The summed E-state index contributed by atoms with van der Waals surface area (Å²) < 4.78 is 24.3. The van der Waals surface area contributed by atoms with Crippen LogP contribution >= 0.6 is 0 Å². The number of ether oxygens (including phenoxy) is 2. The zero-order valence-electron chi connectivity index (χ0n) is 12.4. The van der Waals surface area contributed by atoms with Crippen molar-refractivity contribution < 1.29 is 13.9 Å². The summed E-state index contributed by atoms with van der Waals surface area (Å²) in [4.78, 5) is 0. The normalized spacial score (nSPS) is 14.5. The molecule has 1 aromatic rings. The molecule has 0 aliphatic carbocycles. The number of halogens is 1. The van der Waals surface area contributed by atoms with Crippen molar-refractivity contribution in [2.24, 2.45) is 5.92 Å². The first kappa shape index (κ1) is 15.9. The lowest BCUT2D eigenvalue weighted by molar-refractivity contribution is 0.0330. The molecule has 0 amide bonds. The maximum Gasteiger partial charge on any atom is 0.165 e. The summed E-state index contributed by atoms with van der Waals surface area (Å²) in [6, 6.07) is 5.02. The predicted octanol–water partition coefficient (Wildman–Crippen LogP) is 3.16. The Balaban J connectivity index is 3.07. The van der Waals surface area contributed by atoms with Crippen LogP contribution in [0.15, 0.2) is 18.2 Å². The number of nitrogens with one attached hydrogen (secondary N) is 1. The first-order valence-electron chi connectivity index (χ1n) is 6.64. The van der Waals surface area contributed by atoms with E-state index in [4.69, 9.17) is 9.47 Å². The first-order chi connectivity index (χ1) is 9.04. The molecule has 1 rings (SSSR count). The van der Waals surface area contributed by atoms with E-state index in [1.165, 1.54) is 13.2 Å². The SMILES string of the molecule is CCNC(c1ccc(OC)c(F)c1)C(OC)C(C)C. The highest BCUT2D eigenvalue weighted by atomic mass is 19.1. The van der Waals surface area contributed by atoms with Gasteiger partial charge < -0.3 is 14.8 Å². The van der Waals surface area contributed by atoms with Gasteiger partial charge in [0.15, 0.2) is 11.6 Å². The van der Waals surface area contributed by atoms with E-state index in [1.807, 2.05) is 13.0 Å². The van der Waals surface area contributed by atoms with Crippen LogP contribution in [0.3, 0.4) is 0 Å². The number of hydrogen-bond acceptors (Lipinski definition) is 3. The molecule has 0 aliphatic rings. The topological polar surface area (TPSA) is 30.5 Å². The molecule has 19 heavy (non-hydrogen) atoms. The third-order valence-electron chi connectivity index (χ3n) is 3.22. The number of hydrogen-bond donors (Lipinski definition) is 1. The Bertz CT molecular complexity index is 396. The molecule has 0 aliphatic heterocycles. The van der Waals surface area contributed by atoms with Crippen LogP contribution in [0.2, 0.25) is 0 Å². The van der Waals surface area contributed by atoms with Crippen LogP contribution in [0.4, 0.5) is 4.39 Å². The van der Waals surface area contributed by atoms with E-state index >= 15 is 0 Å². The minimum Gasteiger partial charge on any atom is -0.494 e. The van der Waals surface area contributed by atoms with Gasteiger partial charge in [0.25, 0.3) is 0 Å². The second-order valence-electron chi connectivity index (χ2n) is 4.87. The average molecular weight is 269 g/mol. The van der Waals surface area contributed by atoms with Gasteiger partial charge >= 0.3 is 0 Å². The van der Waals surface area contributed by atoms with Crippen molar-refractivity contribution in [1.29, 1.82) is 0 Å². The van der Waals surface area contributed by atoms with Gasteiger partial charge in [-0.05, 0) is 30.2 Å². The Morgan fingerprint density at radius 3 is 2.37 bits per heavy atom. The molecule has 0 saturated carbocycles. The van der Waals surface area contributed by atoms with E-state index in [1.54, 1.807) is 13.2 Å². The minimum atomic E-state index is -0.346. The fraction of sp³-hybridized carbons (Fsp3) is 0.600. The van der Waals surface area contributed by atoms with Crippen molar-refractivity contribution in [1.82, 2.24) is 5.32 Å². The first-order valence-corrected chi connectivity index (χ1v) is 6.64. The fourth-order valence-corrected chi connectivity index (χ4v) is 2.31. The zero-order chi connectivity index (χ0) is 14.4. The molecule has 1 aromatic carbocycles.